The molecule has 0 bridgehead atoms. The Hall–Kier alpha value is -1.39. The smallest absolute Gasteiger partial charge is 0.306 e. The molecule has 0 heterocycles. The van der Waals surface area contributed by atoms with E-state index in [0.29, 0.717) is 12.8 Å². The first-order valence-corrected chi connectivity index (χ1v) is 8.04. The van der Waals surface area contributed by atoms with Gasteiger partial charge >= 0.3 is 5.97 Å². The number of aliphatic hydroxyl groups is 2. The standard InChI is InChI=1S/C18H28O4/c1-13-8-6-7-10-15(13)16(12-19)17(20)11-5-3-4-9-14(2)18(21)22/h6-8,10,14,16-17,19-20H,3-5,9,11-12H2,1-2H3,(H,21,22). The van der Waals surface area contributed by atoms with Gasteiger partial charge in [-0.3, -0.25) is 4.79 Å². The highest BCUT2D eigenvalue weighted by atomic mass is 16.4. The van der Waals surface area contributed by atoms with Crippen LogP contribution in [0.2, 0.25) is 0 Å². The summed E-state index contributed by atoms with van der Waals surface area (Å²) in [5.41, 5.74) is 2.08. The largest absolute Gasteiger partial charge is 0.481 e. The van der Waals surface area contributed by atoms with Gasteiger partial charge in [0.2, 0.25) is 0 Å². The fourth-order valence-electron chi connectivity index (χ4n) is 2.74. The van der Waals surface area contributed by atoms with Crippen LogP contribution in [-0.2, 0) is 4.79 Å². The first kappa shape index (κ1) is 18.7. The summed E-state index contributed by atoms with van der Waals surface area (Å²) in [6.07, 6.45) is 3.33. The van der Waals surface area contributed by atoms with E-state index in [1.54, 1.807) is 6.92 Å². The normalized spacial score (nSPS) is 15.3. The molecule has 1 rings (SSSR count). The van der Waals surface area contributed by atoms with Crippen LogP contribution in [0.4, 0.5) is 0 Å². The fourth-order valence-corrected chi connectivity index (χ4v) is 2.74. The number of aliphatic carboxylic acids is 1. The third-order valence-electron chi connectivity index (χ3n) is 4.31. The molecule has 1 aromatic carbocycles. The summed E-state index contributed by atoms with van der Waals surface area (Å²) < 4.78 is 0. The van der Waals surface area contributed by atoms with Crippen molar-refractivity contribution in [2.45, 2.75) is 58.0 Å². The molecule has 3 atom stereocenters. The van der Waals surface area contributed by atoms with E-state index in [0.717, 1.165) is 30.4 Å². The fraction of sp³-hybridized carbons (Fsp3) is 0.611. The summed E-state index contributed by atoms with van der Waals surface area (Å²) in [6, 6.07) is 7.81. The molecule has 0 aliphatic rings. The number of unbranched alkanes of at least 4 members (excludes halogenated alkanes) is 2. The zero-order chi connectivity index (χ0) is 16.5. The van der Waals surface area contributed by atoms with Crippen LogP contribution in [0, 0.1) is 12.8 Å². The van der Waals surface area contributed by atoms with Gasteiger partial charge in [0.25, 0.3) is 0 Å². The van der Waals surface area contributed by atoms with Gasteiger partial charge in [-0.15, -0.1) is 0 Å². The van der Waals surface area contributed by atoms with E-state index in [1.165, 1.54) is 0 Å². The number of aliphatic hydroxyl groups excluding tert-OH is 2. The second-order valence-electron chi connectivity index (χ2n) is 6.09. The van der Waals surface area contributed by atoms with Gasteiger partial charge in [0.15, 0.2) is 0 Å². The molecule has 4 heteroatoms. The number of rotatable bonds is 10. The third-order valence-corrected chi connectivity index (χ3v) is 4.31. The summed E-state index contributed by atoms with van der Waals surface area (Å²) in [5.74, 6) is -1.30. The predicted molar refractivity (Wildman–Crippen MR) is 86.9 cm³/mol. The van der Waals surface area contributed by atoms with Crippen LogP contribution in [-0.4, -0.2) is 34.0 Å². The van der Waals surface area contributed by atoms with Gasteiger partial charge in [0.1, 0.15) is 0 Å². The minimum atomic E-state index is -0.750. The van der Waals surface area contributed by atoms with Crippen molar-refractivity contribution < 1.29 is 20.1 Å². The van der Waals surface area contributed by atoms with Gasteiger partial charge in [0.05, 0.1) is 18.6 Å². The van der Waals surface area contributed by atoms with Crippen LogP contribution in [0.15, 0.2) is 24.3 Å². The highest BCUT2D eigenvalue weighted by molar-refractivity contribution is 5.69. The van der Waals surface area contributed by atoms with E-state index in [9.17, 15) is 15.0 Å². The Labute approximate surface area is 132 Å². The first-order chi connectivity index (χ1) is 10.5. The van der Waals surface area contributed by atoms with Crippen LogP contribution in [0.3, 0.4) is 0 Å². The molecular formula is C18H28O4. The number of carbonyl (C=O) groups is 1. The molecule has 3 unspecified atom stereocenters. The van der Waals surface area contributed by atoms with Crippen molar-refractivity contribution >= 4 is 5.97 Å². The lowest BCUT2D eigenvalue weighted by Crippen LogP contribution is -2.22. The van der Waals surface area contributed by atoms with Gasteiger partial charge in [-0.1, -0.05) is 50.5 Å². The van der Waals surface area contributed by atoms with Gasteiger partial charge in [-0.25, -0.2) is 0 Å². The van der Waals surface area contributed by atoms with Crippen LogP contribution in [0.25, 0.3) is 0 Å². The first-order valence-electron chi connectivity index (χ1n) is 8.04. The minimum absolute atomic E-state index is 0.0674. The van der Waals surface area contributed by atoms with Gasteiger partial charge < -0.3 is 15.3 Å². The Morgan fingerprint density at radius 1 is 1.14 bits per heavy atom. The van der Waals surface area contributed by atoms with Gasteiger partial charge in [-0.05, 0) is 30.9 Å². The topological polar surface area (TPSA) is 77.8 Å². The van der Waals surface area contributed by atoms with Crippen molar-refractivity contribution in [3.63, 3.8) is 0 Å². The van der Waals surface area contributed by atoms with Crippen molar-refractivity contribution in [3.05, 3.63) is 35.4 Å². The van der Waals surface area contributed by atoms with Crippen LogP contribution in [0.5, 0.6) is 0 Å². The maximum Gasteiger partial charge on any atom is 0.306 e. The van der Waals surface area contributed by atoms with E-state index in [4.69, 9.17) is 5.11 Å². The molecule has 124 valence electrons. The zero-order valence-corrected chi connectivity index (χ0v) is 13.5. The van der Waals surface area contributed by atoms with E-state index in [2.05, 4.69) is 0 Å². The molecular weight excluding hydrogens is 280 g/mol. The van der Waals surface area contributed by atoms with Gasteiger partial charge in [-0.2, -0.15) is 0 Å². The Bertz CT molecular complexity index is 458. The SMILES string of the molecule is Cc1ccccc1C(CO)C(O)CCCCCC(C)C(=O)O. The number of hydrogen-bond acceptors (Lipinski definition) is 3. The molecule has 0 amide bonds. The van der Waals surface area contributed by atoms with Crippen LogP contribution >= 0.6 is 0 Å². The summed E-state index contributed by atoms with van der Waals surface area (Å²) >= 11 is 0. The van der Waals surface area contributed by atoms with Gasteiger partial charge in [0, 0.05) is 5.92 Å². The van der Waals surface area contributed by atoms with E-state index in [-0.39, 0.29) is 18.4 Å². The Balaban J connectivity index is 2.39. The predicted octanol–water partition coefficient (Wildman–Crippen LogP) is 3.10. The molecule has 0 radical (unpaired) electrons. The number of carboxylic acid groups (broad SMARTS) is 1. The van der Waals surface area contributed by atoms with Crippen molar-refractivity contribution in [1.29, 1.82) is 0 Å². The van der Waals surface area contributed by atoms with Crippen molar-refractivity contribution in [2.24, 2.45) is 5.92 Å². The molecule has 0 aliphatic heterocycles. The average Bonchev–Trinajstić information content (AvgIpc) is 2.49. The Morgan fingerprint density at radius 3 is 2.36 bits per heavy atom. The van der Waals surface area contributed by atoms with Crippen molar-refractivity contribution in [2.75, 3.05) is 6.61 Å². The maximum absolute atomic E-state index is 10.7. The second-order valence-corrected chi connectivity index (χ2v) is 6.09. The lowest BCUT2D eigenvalue weighted by Gasteiger charge is -2.23. The lowest BCUT2D eigenvalue weighted by molar-refractivity contribution is -0.141. The Morgan fingerprint density at radius 2 is 1.77 bits per heavy atom. The monoisotopic (exact) mass is 308 g/mol. The molecule has 1 aromatic rings. The van der Waals surface area contributed by atoms with E-state index < -0.39 is 12.1 Å². The number of hydrogen-bond donors (Lipinski definition) is 3. The quantitative estimate of drug-likeness (QED) is 0.580. The lowest BCUT2D eigenvalue weighted by atomic mass is 9.88. The third kappa shape index (κ3) is 5.78. The van der Waals surface area contributed by atoms with E-state index >= 15 is 0 Å². The number of aryl methyl sites for hydroxylation is 1. The highest BCUT2D eigenvalue weighted by Crippen LogP contribution is 2.25. The van der Waals surface area contributed by atoms with E-state index in [1.807, 2.05) is 31.2 Å². The Kier molecular flexibility index (Phi) is 8.13. The summed E-state index contributed by atoms with van der Waals surface area (Å²) in [7, 11) is 0. The zero-order valence-electron chi connectivity index (χ0n) is 13.5. The average molecular weight is 308 g/mol. The van der Waals surface area contributed by atoms with Crippen LogP contribution < -0.4 is 0 Å². The molecule has 4 nitrogen and oxygen atoms in total. The number of carboxylic acids is 1. The van der Waals surface area contributed by atoms with Crippen molar-refractivity contribution in [3.8, 4) is 0 Å². The van der Waals surface area contributed by atoms with Crippen LogP contribution in [0.1, 0.15) is 56.1 Å². The summed E-state index contributed by atoms with van der Waals surface area (Å²) in [5, 5.41) is 28.7. The molecule has 0 fully saturated rings. The summed E-state index contributed by atoms with van der Waals surface area (Å²) in [6.45, 7) is 3.64. The van der Waals surface area contributed by atoms with Crippen molar-refractivity contribution in [1.82, 2.24) is 0 Å². The minimum Gasteiger partial charge on any atom is -0.481 e. The molecule has 0 spiro atoms. The molecule has 22 heavy (non-hydrogen) atoms. The maximum atomic E-state index is 10.7. The molecule has 0 aliphatic carbocycles. The molecule has 3 N–H and O–H groups in total. The molecule has 0 aromatic heterocycles. The summed E-state index contributed by atoms with van der Waals surface area (Å²) in [4.78, 5) is 10.7. The molecule has 0 saturated heterocycles. The second kappa shape index (κ2) is 9.59. The number of benzene rings is 1. The molecule has 0 saturated carbocycles. The highest BCUT2D eigenvalue weighted by Gasteiger charge is 2.21.